The van der Waals surface area contributed by atoms with Crippen molar-refractivity contribution in [3.8, 4) is 0 Å². The van der Waals surface area contributed by atoms with Gasteiger partial charge in [-0.05, 0) is 30.0 Å². The van der Waals surface area contributed by atoms with Gasteiger partial charge in [0.15, 0.2) is 0 Å². The van der Waals surface area contributed by atoms with Crippen LogP contribution in [-0.4, -0.2) is 42.0 Å². The minimum atomic E-state index is -4.48. The fraction of sp³-hybridized carbons (Fsp3) is 0.300. The van der Waals surface area contributed by atoms with Gasteiger partial charge in [0.2, 0.25) is 0 Å². The summed E-state index contributed by atoms with van der Waals surface area (Å²) in [6.07, 6.45) is -3.69. The highest BCUT2D eigenvalue weighted by atomic mass is 35.5. The zero-order valence-electron chi connectivity index (χ0n) is 15.5. The molecule has 1 saturated heterocycles. The molecule has 9 heteroatoms. The van der Waals surface area contributed by atoms with E-state index in [0.717, 1.165) is 32.8 Å². The highest BCUT2D eigenvalue weighted by Gasteiger charge is 2.33. The Morgan fingerprint density at radius 1 is 1.17 bits per heavy atom. The maximum atomic E-state index is 13.0. The average molecular weight is 440 g/mol. The van der Waals surface area contributed by atoms with Crippen molar-refractivity contribution in [2.75, 3.05) is 31.1 Å². The third-order valence-corrected chi connectivity index (χ3v) is 6.59. The van der Waals surface area contributed by atoms with Crippen LogP contribution in [0.3, 0.4) is 0 Å². The Balaban J connectivity index is 1.48. The number of carbonyl (C=O) groups excluding carboxylic acids is 1. The molecule has 1 fully saturated rings. The molecule has 1 aromatic carbocycles. The molecule has 0 N–H and O–H groups in total. The molecule has 3 heterocycles. The molecule has 152 valence electrons. The predicted octanol–water partition coefficient (Wildman–Crippen LogP) is 5.24. The summed E-state index contributed by atoms with van der Waals surface area (Å²) in [5.41, 5.74) is 0.103. The molecule has 0 atom stereocenters. The number of piperazine rings is 1. The fourth-order valence-electron chi connectivity index (χ4n) is 3.46. The zero-order chi connectivity index (χ0) is 20.8. The number of amides is 1. The molecule has 0 bridgehead atoms. The SMILES string of the molecule is Cc1c(C(=O)N2CCN(c3ncc(C(F)(F)F)cc3Cl)CC2)sc2ccccc12. The number of nitrogens with zero attached hydrogens (tertiary/aromatic N) is 3. The molecule has 0 aliphatic carbocycles. The first kappa shape index (κ1) is 20.0. The van der Waals surface area contributed by atoms with E-state index in [1.165, 1.54) is 11.3 Å². The van der Waals surface area contributed by atoms with E-state index in [0.29, 0.717) is 32.0 Å². The van der Waals surface area contributed by atoms with Crippen molar-refractivity contribution in [1.82, 2.24) is 9.88 Å². The lowest BCUT2D eigenvalue weighted by atomic mass is 10.1. The first-order valence-electron chi connectivity index (χ1n) is 9.01. The second-order valence-electron chi connectivity index (χ2n) is 6.86. The van der Waals surface area contributed by atoms with Crippen molar-refractivity contribution < 1.29 is 18.0 Å². The summed E-state index contributed by atoms with van der Waals surface area (Å²) in [5.74, 6) is 0.291. The number of carbonyl (C=O) groups is 1. The van der Waals surface area contributed by atoms with Gasteiger partial charge in [0, 0.05) is 37.1 Å². The lowest BCUT2D eigenvalue weighted by Crippen LogP contribution is -2.49. The molecule has 0 spiro atoms. The molecule has 2 aromatic heterocycles. The first-order valence-corrected chi connectivity index (χ1v) is 10.2. The highest BCUT2D eigenvalue weighted by molar-refractivity contribution is 7.21. The summed E-state index contributed by atoms with van der Waals surface area (Å²) in [4.78, 5) is 21.2. The Labute approximate surface area is 174 Å². The summed E-state index contributed by atoms with van der Waals surface area (Å²) >= 11 is 7.53. The van der Waals surface area contributed by atoms with Gasteiger partial charge in [0.25, 0.3) is 5.91 Å². The number of halogens is 4. The Kier molecular flexibility index (Phi) is 5.16. The summed E-state index contributed by atoms with van der Waals surface area (Å²) < 4.78 is 39.5. The van der Waals surface area contributed by atoms with Crippen molar-refractivity contribution in [3.05, 3.63) is 57.6 Å². The van der Waals surface area contributed by atoms with Crippen LogP contribution in [0.4, 0.5) is 19.0 Å². The number of alkyl halides is 3. The van der Waals surface area contributed by atoms with Crippen LogP contribution < -0.4 is 4.90 Å². The van der Waals surface area contributed by atoms with Crippen LogP contribution in [0.5, 0.6) is 0 Å². The molecule has 0 unspecified atom stereocenters. The number of thiophene rings is 1. The lowest BCUT2D eigenvalue weighted by molar-refractivity contribution is -0.137. The van der Waals surface area contributed by atoms with Crippen LogP contribution in [-0.2, 0) is 6.18 Å². The van der Waals surface area contributed by atoms with Gasteiger partial charge in [0.05, 0.1) is 15.5 Å². The van der Waals surface area contributed by atoms with Crippen molar-refractivity contribution in [2.24, 2.45) is 0 Å². The summed E-state index contributed by atoms with van der Waals surface area (Å²) in [5, 5.41) is 1.04. The third kappa shape index (κ3) is 3.79. The minimum Gasteiger partial charge on any atom is -0.352 e. The second kappa shape index (κ2) is 7.50. The standard InChI is InChI=1S/C20H17ClF3N3OS/c1-12-14-4-2-3-5-16(14)29-17(12)19(28)27-8-6-26(7-9-27)18-15(21)10-13(11-25-18)20(22,23)24/h2-5,10-11H,6-9H2,1H3. The number of hydrogen-bond donors (Lipinski definition) is 0. The van der Waals surface area contributed by atoms with Crippen LogP contribution in [0, 0.1) is 6.92 Å². The number of pyridine rings is 1. The van der Waals surface area contributed by atoms with Gasteiger partial charge in [0.1, 0.15) is 5.82 Å². The van der Waals surface area contributed by atoms with Gasteiger partial charge in [-0.3, -0.25) is 4.79 Å². The Morgan fingerprint density at radius 2 is 1.86 bits per heavy atom. The first-order chi connectivity index (χ1) is 13.8. The van der Waals surface area contributed by atoms with E-state index in [2.05, 4.69) is 4.98 Å². The van der Waals surface area contributed by atoms with E-state index in [1.807, 2.05) is 36.1 Å². The Morgan fingerprint density at radius 3 is 2.48 bits per heavy atom. The smallest absolute Gasteiger partial charge is 0.352 e. The van der Waals surface area contributed by atoms with E-state index in [4.69, 9.17) is 11.6 Å². The molecule has 0 radical (unpaired) electrons. The molecule has 4 rings (SSSR count). The van der Waals surface area contributed by atoms with Crippen LogP contribution in [0.15, 0.2) is 36.5 Å². The summed E-state index contributed by atoms with van der Waals surface area (Å²) in [6, 6.07) is 8.80. The molecular weight excluding hydrogens is 423 g/mol. The molecule has 3 aromatic rings. The predicted molar refractivity (Wildman–Crippen MR) is 109 cm³/mol. The minimum absolute atomic E-state index is 0.0187. The number of fused-ring (bicyclic) bond motifs is 1. The van der Waals surface area contributed by atoms with Crippen molar-refractivity contribution in [2.45, 2.75) is 13.1 Å². The van der Waals surface area contributed by atoms with E-state index in [-0.39, 0.29) is 10.9 Å². The van der Waals surface area contributed by atoms with Crippen LogP contribution in [0.2, 0.25) is 5.02 Å². The number of anilines is 1. The van der Waals surface area contributed by atoms with Gasteiger partial charge >= 0.3 is 6.18 Å². The van der Waals surface area contributed by atoms with Crippen LogP contribution in [0.1, 0.15) is 20.8 Å². The van der Waals surface area contributed by atoms with Gasteiger partial charge < -0.3 is 9.80 Å². The van der Waals surface area contributed by atoms with Gasteiger partial charge in [-0.1, -0.05) is 29.8 Å². The Bertz CT molecular complexity index is 1070. The highest BCUT2D eigenvalue weighted by Crippen LogP contribution is 2.34. The molecule has 1 aliphatic heterocycles. The van der Waals surface area contributed by atoms with E-state index < -0.39 is 11.7 Å². The van der Waals surface area contributed by atoms with E-state index in [1.54, 1.807) is 4.90 Å². The van der Waals surface area contributed by atoms with Crippen LogP contribution >= 0.6 is 22.9 Å². The molecular formula is C20H17ClF3N3OS. The van der Waals surface area contributed by atoms with Gasteiger partial charge in [-0.25, -0.2) is 4.98 Å². The molecule has 0 saturated carbocycles. The number of benzene rings is 1. The topological polar surface area (TPSA) is 36.4 Å². The fourth-order valence-corrected chi connectivity index (χ4v) is 4.92. The summed E-state index contributed by atoms with van der Waals surface area (Å²) in [6.45, 7) is 3.76. The molecule has 29 heavy (non-hydrogen) atoms. The maximum absolute atomic E-state index is 13.0. The number of aromatic nitrogens is 1. The van der Waals surface area contributed by atoms with Crippen LogP contribution in [0.25, 0.3) is 10.1 Å². The van der Waals surface area contributed by atoms with Gasteiger partial charge in [-0.15, -0.1) is 11.3 Å². The van der Waals surface area contributed by atoms with Crippen molar-refractivity contribution in [1.29, 1.82) is 0 Å². The Hall–Kier alpha value is -2.32. The quantitative estimate of drug-likeness (QED) is 0.548. The lowest BCUT2D eigenvalue weighted by Gasteiger charge is -2.35. The largest absolute Gasteiger partial charge is 0.417 e. The number of hydrogen-bond acceptors (Lipinski definition) is 4. The molecule has 1 amide bonds. The zero-order valence-corrected chi connectivity index (χ0v) is 17.0. The monoisotopic (exact) mass is 439 g/mol. The van der Waals surface area contributed by atoms with Crippen molar-refractivity contribution in [3.63, 3.8) is 0 Å². The second-order valence-corrected chi connectivity index (χ2v) is 8.32. The summed E-state index contributed by atoms with van der Waals surface area (Å²) in [7, 11) is 0. The van der Waals surface area contributed by atoms with Gasteiger partial charge in [-0.2, -0.15) is 13.2 Å². The van der Waals surface area contributed by atoms with E-state index >= 15 is 0 Å². The normalized spacial score (nSPS) is 15.2. The molecule has 1 aliphatic rings. The third-order valence-electron chi connectivity index (χ3n) is 5.05. The van der Waals surface area contributed by atoms with Crippen molar-refractivity contribution >= 4 is 44.7 Å². The maximum Gasteiger partial charge on any atom is 0.417 e. The average Bonchev–Trinajstić information content (AvgIpc) is 3.04. The number of aryl methyl sites for hydroxylation is 1. The van der Waals surface area contributed by atoms with E-state index in [9.17, 15) is 18.0 Å². The number of rotatable bonds is 2. The molecule has 4 nitrogen and oxygen atoms in total.